The molecule has 2 rings (SSSR count). The van der Waals surface area contributed by atoms with E-state index in [9.17, 15) is 17.6 Å². The third-order valence-electron chi connectivity index (χ3n) is 4.64. The molecule has 3 atom stereocenters. The number of rotatable bonds is 6. The molecule has 1 aromatic rings. The Morgan fingerprint density at radius 1 is 1.38 bits per heavy atom. The summed E-state index contributed by atoms with van der Waals surface area (Å²) in [6, 6.07) is 9.01. The van der Waals surface area contributed by atoms with Crippen LogP contribution < -0.4 is 5.32 Å². The van der Waals surface area contributed by atoms with E-state index < -0.39 is 15.9 Å². The summed E-state index contributed by atoms with van der Waals surface area (Å²) in [5.74, 6) is 0.261. The van der Waals surface area contributed by atoms with Crippen molar-refractivity contribution < 1.29 is 17.6 Å². The van der Waals surface area contributed by atoms with Gasteiger partial charge in [0.15, 0.2) is 9.84 Å². The summed E-state index contributed by atoms with van der Waals surface area (Å²) in [6.45, 7) is 1.94. The molecule has 1 aromatic carbocycles. The van der Waals surface area contributed by atoms with Gasteiger partial charge < -0.3 is 10.2 Å². The minimum absolute atomic E-state index is 0.104. The molecule has 7 heteroatoms. The molecule has 1 fully saturated rings. The van der Waals surface area contributed by atoms with E-state index in [0.29, 0.717) is 13.0 Å². The summed E-state index contributed by atoms with van der Waals surface area (Å²) < 4.78 is 35.2. The predicted molar refractivity (Wildman–Crippen MR) is 101 cm³/mol. The van der Waals surface area contributed by atoms with Crippen molar-refractivity contribution >= 4 is 15.9 Å². The average Bonchev–Trinajstić information content (AvgIpc) is 2.60. The molecular formula is C19H27FN2O3S. The van der Waals surface area contributed by atoms with Crippen LogP contribution in [0.5, 0.6) is 0 Å². The summed E-state index contributed by atoms with van der Waals surface area (Å²) in [5.41, 5.74) is 1.03. The summed E-state index contributed by atoms with van der Waals surface area (Å²) in [6.07, 6.45) is 4.59. The van der Waals surface area contributed by atoms with Crippen molar-refractivity contribution in [3.8, 4) is 0 Å². The number of likely N-dealkylation sites (tertiary alicyclic amines) is 1. The fraction of sp³-hybridized carbons (Fsp3) is 0.526. The zero-order chi connectivity index (χ0) is 19.2. The number of piperidine rings is 1. The van der Waals surface area contributed by atoms with Crippen LogP contribution in [0.1, 0.15) is 37.8 Å². The smallest absolute Gasteiger partial charge is 0.318 e. The lowest BCUT2D eigenvalue weighted by Gasteiger charge is -2.40. The zero-order valence-corrected chi connectivity index (χ0v) is 16.1. The number of halogens is 1. The van der Waals surface area contributed by atoms with E-state index >= 15 is 0 Å². The molecule has 1 unspecified atom stereocenters. The number of alkyl halides is 1. The largest absolute Gasteiger partial charge is 0.332 e. The number of carbonyl (C=O) groups excluding carboxylic acids is 1. The molecule has 2 amide bonds. The first kappa shape index (κ1) is 20.4. The van der Waals surface area contributed by atoms with Crippen LogP contribution >= 0.6 is 0 Å². The standard InChI is InChI=1S/C19H27FN2O3S/c1-15(10-13-26(2,24)25)21-19(23)22-12-9-16(8-11-20)14-18(22)17-6-4-3-5-7-17/h3-7,10,13,15-16,18H,8-9,11-12,14H2,1-2H3,(H,21,23)/b13-10+/t15?,16-,18+/m1/s1. The Labute approximate surface area is 155 Å². The molecule has 1 heterocycles. The van der Waals surface area contributed by atoms with Gasteiger partial charge in [-0.2, -0.15) is 0 Å². The first-order chi connectivity index (χ1) is 12.3. The number of benzene rings is 1. The van der Waals surface area contributed by atoms with Gasteiger partial charge in [0.1, 0.15) is 0 Å². The Morgan fingerprint density at radius 3 is 2.69 bits per heavy atom. The van der Waals surface area contributed by atoms with Crippen molar-refractivity contribution in [3.05, 3.63) is 47.4 Å². The summed E-state index contributed by atoms with van der Waals surface area (Å²) in [5, 5.41) is 3.93. The van der Waals surface area contributed by atoms with E-state index in [4.69, 9.17) is 0 Å². The molecule has 0 radical (unpaired) electrons. The van der Waals surface area contributed by atoms with Gasteiger partial charge in [0.25, 0.3) is 0 Å². The second kappa shape index (κ2) is 9.16. The van der Waals surface area contributed by atoms with Gasteiger partial charge in [-0.05, 0) is 37.7 Å². The van der Waals surface area contributed by atoms with E-state index in [2.05, 4.69) is 5.32 Å². The highest BCUT2D eigenvalue weighted by atomic mass is 32.2. The minimum Gasteiger partial charge on any atom is -0.332 e. The van der Waals surface area contributed by atoms with Crippen LogP contribution in [-0.2, 0) is 9.84 Å². The lowest BCUT2D eigenvalue weighted by molar-refractivity contribution is 0.120. The van der Waals surface area contributed by atoms with Crippen LogP contribution in [0.3, 0.4) is 0 Å². The molecule has 1 aliphatic rings. The molecule has 0 bridgehead atoms. The molecule has 5 nitrogen and oxygen atoms in total. The normalized spacial score (nSPS) is 22.3. The zero-order valence-electron chi connectivity index (χ0n) is 15.3. The van der Waals surface area contributed by atoms with Crippen LogP contribution in [0.2, 0.25) is 0 Å². The Balaban J connectivity index is 2.11. The summed E-state index contributed by atoms with van der Waals surface area (Å²) >= 11 is 0. The molecule has 0 aliphatic carbocycles. The van der Waals surface area contributed by atoms with Crippen LogP contribution in [-0.4, -0.2) is 44.9 Å². The summed E-state index contributed by atoms with van der Waals surface area (Å²) in [4.78, 5) is 14.5. The lowest BCUT2D eigenvalue weighted by atomic mass is 9.85. The molecule has 26 heavy (non-hydrogen) atoms. The monoisotopic (exact) mass is 382 g/mol. The molecule has 144 valence electrons. The van der Waals surface area contributed by atoms with Crippen LogP contribution in [0.25, 0.3) is 0 Å². The highest BCUT2D eigenvalue weighted by molar-refractivity contribution is 7.93. The van der Waals surface area contributed by atoms with Crippen molar-refractivity contribution in [3.63, 3.8) is 0 Å². The van der Waals surface area contributed by atoms with Crippen molar-refractivity contribution in [1.82, 2.24) is 10.2 Å². The maximum absolute atomic E-state index is 12.8. The summed E-state index contributed by atoms with van der Waals surface area (Å²) in [7, 11) is -3.23. The maximum Gasteiger partial charge on any atom is 0.318 e. The molecule has 1 N–H and O–H groups in total. The van der Waals surface area contributed by atoms with Gasteiger partial charge >= 0.3 is 6.03 Å². The number of urea groups is 1. The fourth-order valence-corrected chi connectivity index (χ4v) is 3.80. The SMILES string of the molecule is CC(/C=C/S(C)(=O)=O)NC(=O)N1CC[C@@H](CCF)C[C@H]1c1ccccc1. The Hall–Kier alpha value is -1.89. The molecule has 1 aliphatic heterocycles. The first-order valence-corrected chi connectivity index (χ1v) is 10.8. The van der Waals surface area contributed by atoms with Crippen LogP contribution in [0.15, 0.2) is 41.8 Å². The van der Waals surface area contributed by atoms with E-state index in [1.807, 2.05) is 30.3 Å². The molecular weight excluding hydrogens is 355 g/mol. The third kappa shape index (κ3) is 6.12. The number of nitrogens with zero attached hydrogens (tertiary/aromatic N) is 1. The maximum atomic E-state index is 12.8. The van der Waals surface area contributed by atoms with Gasteiger partial charge in [-0.1, -0.05) is 36.4 Å². The fourth-order valence-electron chi connectivity index (χ4n) is 3.28. The Morgan fingerprint density at radius 2 is 2.08 bits per heavy atom. The van der Waals surface area contributed by atoms with Gasteiger partial charge in [0, 0.05) is 24.3 Å². The molecule has 0 saturated carbocycles. The van der Waals surface area contributed by atoms with Crippen LogP contribution in [0.4, 0.5) is 9.18 Å². The lowest BCUT2D eigenvalue weighted by Crippen LogP contribution is -2.48. The van der Waals surface area contributed by atoms with E-state index in [1.54, 1.807) is 11.8 Å². The second-order valence-electron chi connectivity index (χ2n) is 6.88. The first-order valence-electron chi connectivity index (χ1n) is 8.86. The third-order valence-corrected chi connectivity index (χ3v) is 5.29. The molecule has 0 aromatic heterocycles. The Bertz CT molecular complexity index is 722. The van der Waals surface area contributed by atoms with Gasteiger partial charge in [0.2, 0.25) is 0 Å². The highest BCUT2D eigenvalue weighted by Gasteiger charge is 2.32. The van der Waals surface area contributed by atoms with Crippen molar-refractivity contribution in [2.75, 3.05) is 19.5 Å². The van der Waals surface area contributed by atoms with E-state index in [1.165, 1.54) is 6.08 Å². The second-order valence-corrected chi connectivity index (χ2v) is 8.82. The van der Waals surface area contributed by atoms with Crippen LogP contribution in [0, 0.1) is 5.92 Å². The quantitative estimate of drug-likeness (QED) is 0.819. The van der Waals surface area contributed by atoms with Gasteiger partial charge in [-0.25, -0.2) is 13.2 Å². The van der Waals surface area contributed by atoms with Crippen molar-refractivity contribution in [1.29, 1.82) is 0 Å². The van der Waals surface area contributed by atoms with Crippen molar-refractivity contribution in [2.24, 2.45) is 5.92 Å². The van der Waals surface area contributed by atoms with Gasteiger partial charge in [-0.3, -0.25) is 4.39 Å². The minimum atomic E-state index is -3.23. The average molecular weight is 383 g/mol. The van der Waals surface area contributed by atoms with Gasteiger partial charge in [-0.15, -0.1) is 0 Å². The Kier molecular flexibility index (Phi) is 7.20. The number of hydrogen-bond acceptors (Lipinski definition) is 3. The number of sulfone groups is 1. The molecule has 1 saturated heterocycles. The van der Waals surface area contributed by atoms with Crippen molar-refractivity contribution in [2.45, 2.75) is 38.3 Å². The molecule has 0 spiro atoms. The van der Waals surface area contributed by atoms with E-state index in [-0.39, 0.29) is 24.7 Å². The number of carbonyl (C=O) groups is 1. The van der Waals surface area contributed by atoms with E-state index in [0.717, 1.165) is 30.1 Å². The topological polar surface area (TPSA) is 66.5 Å². The number of nitrogens with one attached hydrogen (secondary N) is 1. The number of amides is 2. The number of hydrogen-bond donors (Lipinski definition) is 1. The van der Waals surface area contributed by atoms with Gasteiger partial charge in [0.05, 0.1) is 12.7 Å². The highest BCUT2D eigenvalue weighted by Crippen LogP contribution is 2.35. The predicted octanol–water partition coefficient (Wildman–Crippen LogP) is 3.46.